The Morgan fingerprint density at radius 1 is 1.35 bits per heavy atom. The van der Waals surface area contributed by atoms with E-state index in [1.807, 2.05) is 39.0 Å². The highest BCUT2D eigenvalue weighted by Gasteiger charge is 2.19. The zero-order chi connectivity index (χ0) is 16.5. The van der Waals surface area contributed by atoms with Crippen molar-refractivity contribution in [3.8, 4) is 5.75 Å². The number of methoxy groups -OCH3 is 1. The van der Waals surface area contributed by atoms with E-state index in [0.29, 0.717) is 19.8 Å². The molecule has 0 saturated carbocycles. The SMILES string of the molecule is CCC(C)C(N)C(=O)NCc1ccc(C)cc1OCCOC.Cl. The molecule has 23 heavy (non-hydrogen) atoms. The summed E-state index contributed by atoms with van der Waals surface area (Å²) in [5, 5.41) is 2.89. The van der Waals surface area contributed by atoms with E-state index < -0.39 is 6.04 Å². The molecule has 0 bridgehead atoms. The number of carbonyl (C=O) groups excluding carboxylic acids is 1. The number of nitrogens with one attached hydrogen (secondary N) is 1. The summed E-state index contributed by atoms with van der Waals surface area (Å²) < 4.78 is 10.7. The summed E-state index contributed by atoms with van der Waals surface area (Å²) >= 11 is 0. The van der Waals surface area contributed by atoms with Gasteiger partial charge in [0.15, 0.2) is 0 Å². The molecule has 0 aliphatic carbocycles. The Balaban J connectivity index is 0.00000484. The van der Waals surface area contributed by atoms with Gasteiger partial charge in [-0.15, -0.1) is 12.4 Å². The van der Waals surface area contributed by atoms with Gasteiger partial charge in [0.25, 0.3) is 0 Å². The molecule has 0 heterocycles. The molecule has 5 nitrogen and oxygen atoms in total. The number of ether oxygens (including phenoxy) is 2. The summed E-state index contributed by atoms with van der Waals surface area (Å²) in [6, 6.07) is 5.45. The lowest BCUT2D eigenvalue weighted by molar-refractivity contribution is -0.123. The first kappa shape index (κ1) is 21.7. The van der Waals surface area contributed by atoms with Crippen molar-refractivity contribution >= 4 is 18.3 Å². The number of hydrogen-bond acceptors (Lipinski definition) is 4. The van der Waals surface area contributed by atoms with Crippen molar-refractivity contribution in [2.24, 2.45) is 11.7 Å². The molecule has 0 aromatic heterocycles. The molecule has 0 aliphatic rings. The summed E-state index contributed by atoms with van der Waals surface area (Å²) in [5.41, 5.74) is 7.98. The molecule has 0 fully saturated rings. The third-order valence-corrected chi connectivity index (χ3v) is 3.78. The van der Waals surface area contributed by atoms with Crippen LogP contribution >= 0.6 is 12.4 Å². The minimum Gasteiger partial charge on any atom is -0.491 e. The quantitative estimate of drug-likeness (QED) is 0.675. The predicted molar refractivity (Wildman–Crippen MR) is 95.1 cm³/mol. The van der Waals surface area contributed by atoms with Gasteiger partial charge in [-0.05, 0) is 24.5 Å². The summed E-state index contributed by atoms with van der Waals surface area (Å²) in [5.74, 6) is 0.808. The van der Waals surface area contributed by atoms with Crippen molar-refractivity contribution < 1.29 is 14.3 Å². The second-order valence-electron chi connectivity index (χ2n) is 5.58. The highest BCUT2D eigenvalue weighted by atomic mass is 35.5. The second kappa shape index (κ2) is 11.3. The van der Waals surface area contributed by atoms with Gasteiger partial charge in [-0.3, -0.25) is 4.79 Å². The predicted octanol–water partition coefficient (Wildman–Crippen LogP) is 2.43. The van der Waals surface area contributed by atoms with E-state index in [0.717, 1.165) is 23.3 Å². The maximum atomic E-state index is 12.1. The van der Waals surface area contributed by atoms with Gasteiger partial charge in [0.2, 0.25) is 5.91 Å². The summed E-state index contributed by atoms with van der Waals surface area (Å²) in [7, 11) is 1.64. The van der Waals surface area contributed by atoms with Crippen LogP contribution in [0.1, 0.15) is 31.4 Å². The lowest BCUT2D eigenvalue weighted by Gasteiger charge is -2.18. The van der Waals surface area contributed by atoms with E-state index in [-0.39, 0.29) is 24.2 Å². The van der Waals surface area contributed by atoms with Crippen molar-refractivity contribution in [2.45, 2.75) is 39.8 Å². The lowest BCUT2D eigenvalue weighted by atomic mass is 9.99. The zero-order valence-electron chi connectivity index (χ0n) is 14.4. The van der Waals surface area contributed by atoms with Crippen LogP contribution in [0.2, 0.25) is 0 Å². The summed E-state index contributed by atoms with van der Waals surface area (Å²) in [6.45, 7) is 7.43. The number of amides is 1. The number of carbonyl (C=O) groups is 1. The fourth-order valence-electron chi connectivity index (χ4n) is 1.99. The van der Waals surface area contributed by atoms with Gasteiger partial charge in [-0.2, -0.15) is 0 Å². The van der Waals surface area contributed by atoms with Crippen LogP contribution in [-0.2, 0) is 16.1 Å². The molecule has 132 valence electrons. The Bertz CT molecular complexity index is 483. The van der Waals surface area contributed by atoms with E-state index in [1.165, 1.54) is 0 Å². The smallest absolute Gasteiger partial charge is 0.237 e. The molecule has 1 rings (SSSR count). The number of benzene rings is 1. The Hall–Kier alpha value is -1.30. The number of rotatable bonds is 9. The minimum absolute atomic E-state index is 0. The Morgan fingerprint density at radius 3 is 2.65 bits per heavy atom. The maximum absolute atomic E-state index is 12.1. The van der Waals surface area contributed by atoms with Gasteiger partial charge >= 0.3 is 0 Å². The summed E-state index contributed by atoms with van der Waals surface area (Å²) in [6.07, 6.45) is 0.879. The number of aryl methyl sites for hydroxylation is 1. The Kier molecular flexibility index (Phi) is 10.6. The van der Waals surface area contributed by atoms with Crippen molar-refractivity contribution in [2.75, 3.05) is 20.3 Å². The average molecular weight is 345 g/mol. The molecule has 0 aliphatic heterocycles. The maximum Gasteiger partial charge on any atom is 0.237 e. The first-order valence-corrected chi connectivity index (χ1v) is 7.74. The molecule has 1 aromatic rings. The molecule has 1 amide bonds. The van der Waals surface area contributed by atoms with Crippen LogP contribution < -0.4 is 15.8 Å². The second-order valence-corrected chi connectivity index (χ2v) is 5.58. The third-order valence-electron chi connectivity index (χ3n) is 3.78. The molecule has 1 aromatic carbocycles. The van der Waals surface area contributed by atoms with Crippen molar-refractivity contribution in [1.29, 1.82) is 0 Å². The highest BCUT2D eigenvalue weighted by Crippen LogP contribution is 2.20. The number of halogens is 1. The van der Waals surface area contributed by atoms with Crippen molar-refractivity contribution in [1.82, 2.24) is 5.32 Å². The standard InChI is InChI=1S/C17H28N2O3.ClH/c1-5-13(3)16(18)17(20)19-11-14-7-6-12(2)10-15(14)22-9-8-21-4;/h6-7,10,13,16H,5,8-9,11,18H2,1-4H3,(H,19,20);1H. The Morgan fingerprint density at radius 2 is 2.04 bits per heavy atom. The fraction of sp³-hybridized carbons (Fsp3) is 0.588. The van der Waals surface area contributed by atoms with Crippen molar-refractivity contribution in [3.63, 3.8) is 0 Å². The van der Waals surface area contributed by atoms with Gasteiger partial charge < -0.3 is 20.5 Å². The van der Waals surface area contributed by atoms with Gasteiger partial charge in [0.1, 0.15) is 12.4 Å². The molecular formula is C17H29ClN2O3. The highest BCUT2D eigenvalue weighted by molar-refractivity contribution is 5.85. The molecule has 3 N–H and O–H groups in total. The van der Waals surface area contributed by atoms with Crippen LogP contribution in [0.4, 0.5) is 0 Å². The number of hydrogen-bond donors (Lipinski definition) is 2. The van der Waals surface area contributed by atoms with Gasteiger partial charge in [0.05, 0.1) is 12.6 Å². The van der Waals surface area contributed by atoms with Crippen LogP contribution in [0.15, 0.2) is 18.2 Å². The van der Waals surface area contributed by atoms with Crippen LogP contribution in [0.5, 0.6) is 5.75 Å². The fourth-order valence-corrected chi connectivity index (χ4v) is 1.99. The summed E-state index contributed by atoms with van der Waals surface area (Å²) in [4.78, 5) is 12.1. The van der Waals surface area contributed by atoms with E-state index in [2.05, 4.69) is 5.32 Å². The van der Waals surface area contributed by atoms with Gasteiger partial charge in [-0.1, -0.05) is 32.4 Å². The molecule has 2 atom stereocenters. The molecular weight excluding hydrogens is 316 g/mol. The first-order chi connectivity index (χ1) is 10.5. The molecule has 2 unspecified atom stereocenters. The minimum atomic E-state index is -0.478. The molecule has 6 heteroatoms. The Labute approximate surface area is 145 Å². The average Bonchev–Trinajstić information content (AvgIpc) is 2.52. The van der Waals surface area contributed by atoms with E-state index >= 15 is 0 Å². The third kappa shape index (κ3) is 7.20. The van der Waals surface area contributed by atoms with Crippen molar-refractivity contribution in [3.05, 3.63) is 29.3 Å². The van der Waals surface area contributed by atoms with Crippen LogP contribution in [0.25, 0.3) is 0 Å². The van der Waals surface area contributed by atoms with Crippen LogP contribution in [0.3, 0.4) is 0 Å². The monoisotopic (exact) mass is 344 g/mol. The zero-order valence-corrected chi connectivity index (χ0v) is 15.2. The van der Waals surface area contributed by atoms with Gasteiger partial charge in [0, 0.05) is 19.2 Å². The normalized spacial score (nSPS) is 12.9. The van der Waals surface area contributed by atoms with E-state index in [9.17, 15) is 4.79 Å². The molecule has 0 radical (unpaired) electrons. The molecule has 0 saturated heterocycles. The van der Waals surface area contributed by atoms with E-state index in [1.54, 1.807) is 7.11 Å². The molecule has 0 spiro atoms. The lowest BCUT2D eigenvalue weighted by Crippen LogP contribution is -2.44. The van der Waals surface area contributed by atoms with Gasteiger partial charge in [-0.25, -0.2) is 0 Å². The topological polar surface area (TPSA) is 73.6 Å². The largest absolute Gasteiger partial charge is 0.491 e. The number of nitrogens with two attached hydrogens (primary N) is 1. The van der Waals surface area contributed by atoms with E-state index in [4.69, 9.17) is 15.2 Å². The first-order valence-electron chi connectivity index (χ1n) is 7.74. The van der Waals surface area contributed by atoms with Crippen LogP contribution in [-0.4, -0.2) is 32.3 Å². The van der Waals surface area contributed by atoms with Crippen LogP contribution in [0, 0.1) is 12.8 Å².